The van der Waals surface area contributed by atoms with Crippen molar-refractivity contribution < 1.29 is 4.79 Å². The first-order valence-electron chi connectivity index (χ1n) is 8.54. The smallest absolute Gasteiger partial charge is 0.253 e. The fraction of sp³-hybridized carbons (Fsp3) is 0.611. The van der Waals surface area contributed by atoms with Crippen molar-refractivity contribution in [2.45, 2.75) is 50.6 Å². The van der Waals surface area contributed by atoms with Gasteiger partial charge in [0.1, 0.15) is 0 Å². The Kier molecular flexibility index (Phi) is 5.50. The first-order valence-corrected chi connectivity index (χ1v) is 9.30. The zero-order valence-electron chi connectivity index (χ0n) is 13.6. The van der Waals surface area contributed by atoms with E-state index in [2.05, 4.69) is 4.90 Å². The Morgan fingerprint density at radius 2 is 1.78 bits per heavy atom. The highest BCUT2D eigenvalue weighted by Crippen LogP contribution is 2.30. The lowest BCUT2D eigenvalue weighted by Gasteiger charge is -2.42. The van der Waals surface area contributed by atoms with Crippen LogP contribution in [0.1, 0.15) is 48.9 Å². The molecule has 3 rings (SSSR count). The van der Waals surface area contributed by atoms with Gasteiger partial charge in [0.15, 0.2) is 0 Å². The lowest BCUT2D eigenvalue weighted by molar-refractivity contribution is 0.0496. The predicted molar refractivity (Wildman–Crippen MR) is 95.4 cm³/mol. The SMILES string of the molecule is CN(C(=O)c1ccc(Cl)c(Cl)c1)[C@@H]1CCCC[C@@H]1N1CCCC1. The molecule has 2 fully saturated rings. The summed E-state index contributed by atoms with van der Waals surface area (Å²) >= 11 is 12.0. The maximum atomic E-state index is 12.9. The highest BCUT2D eigenvalue weighted by Gasteiger charge is 2.35. The minimum absolute atomic E-state index is 0.0414. The van der Waals surface area contributed by atoms with Crippen LogP contribution in [0.25, 0.3) is 0 Å². The summed E-state index contributed by atoms with van der Waals surface area (Å²) < 4.78 is 0. The Morgan fingerprint density at radius 3 is 2.48 bits per heavy atom. The average molecular weight is 355 g/mol. The van der Waals surface area contributed by atoms with Gasteiger partial charge in [0.25, 0.3) is 5.91 Å². The molecule has 23 heavy (non-hydrogen) atoms. The van der Waals surface area contributed by atoms with Crippen LogP contribution in [0, 0.1) is 0 Å². The molecular formula is C18H24Cl2N2O. The van der Waals surface area contributed by atoms with Crippen molar-refractivity contribution in [2.75, 3.05) is 20.1 Å². The van der Waals surface area contributed by atoms with Crippen molar-refractivity contribution in [3.8, 4) is 0 Å². The van der Waals surface area contributed by atoms with Crippen LogP contribution in [0.3, 0.4) is 0 Å². The largest absolute Gasteiger partial charge is 0.337 e. The van der Waals surface area contributed by atoms with Gasteiger partial charge in [0, 0.05) is 24.7 Å². The highest BCUT2D eigenvalue weighted by atomic mass is 35.5. The van der Waals surface area contributed by atoms with Crippen LogP contribution in [0.15, 0.2) is 18.2 Å². The van der Waals surface area contributed by atoms with Crippen molar-refractivity contribution in [1.29, 1.82) is 0 Å². The number of hydrogen-bond donors (Lipinski definition) is 0. The zero-order valence-corrected chi connectivity index (χ0v) is 15.1. The lowest BCUT2D eigenvalue weighted by Crippen LogP contribution is -2.53. The van der Waals surface area contributed by atoms with Gasteiger partial charge in [0.2, 0.25) is 0 Å². The molecule has 0 aromatic heterocycles. The molecule has 0 spiro atoms. The van der Waals surface area contributed by atoms with Gasteiger partial charge in [-0.05, 0) is 57.0 Å². The topological polar surface area (TPSA) is 23.6 Å². The van der Waals surface area contributed by atoms with Crippen LogP contribution in [-0.4, -0.2) is 47.9 Å². The third-order valence-electron chi connectivity index (χ3n) is 5.29. The summed E-state index contributed by atoms with van der Waals surface area (Å²) in [5.74, 6) is 0.0414. The molecule has 1 heterocycles. The highest BCUT2D eigenvalue weighted by molar-refractivity contribution is 6.42. The van der Waals surface area contributed by atoms with Gasteiger partial charge < -0.3 is 4.90 Å². The van der Waals surface area contributed by atoms with Crippen LogP contribution < -0.4 is 0 Å². The number of carbonyl (C=O) groups is 1. The molecule has 1 saturated carbocycles. The van der Waals surface area contributed by atoms with E-state index in [9.17, 15) is 4.79 Å². The van der Waals surface area contributed by atoms with E-state index in [0.29, 0.717) is 27.7 Å². The number of likely N-dealkylation sites (N-methyl/N-ethyl adjacent to an activating group) is 1. The lowest BCUT2D eigenvalue weighted by atomic mass is 9.88. The number of nitrogens with zero attached hydrogens (tertiary/aromatic N) is 2. The first kappa shape index (κ1) is 17.1. The fourth-order valence-electron chi connectivity index (χ4n) is 4.03. The number of hydrogen-bond acceptors (Lipinski definition) is 2. The van der Waals surface area contributed by atoms with Crippen molar-refractivity contribution in [2.24, 2.45) is 0 Å². The van der Waals surface area contributed by atoms with Gasteiger partial charge in [-0.15, -0.1) is 0 Å². The number of benzene rings is 1. The molecule has 2 atom stereocenters. The van der Waals surface area contributed by atoms with Gasteiger partial charge >= 0.3 is 0 Å². The van der Waals surface area contributed by atoms with Gasteiger partial charge in [-0.2, -0.15) is 0 Å². The minimum atomic E-state index is 0.0414. The average Bonchev–Trinajstić information content (AvgIpc) is 3.10. The van der Waals surface area contributed by atoms with Crippen molar-refractivity contribution >= 4 is 29.1 Å². The number of halogens is 2. The molecule has 0 N–H and O–H groups in total. The Bertz CT molecular complexity index is 572. The predicted octanol–water partition coefficient (Wildman–Crippen LogP) is 4.47. The third kappa shape index (κ3) is 3.67. The Balaban J connectivity index is 1.77. The van der Waals surface area contributed by atoms with Gasteiger partial charge in [-0.1, -0.05) is 36.0 Å². The quantitative estimate of drug-likeness (QED) is 0.799. The molecule has 0 bridgehead atoms. The summed E-state index contributed by atoms with van der Waals surface area (Å²) in [6.07, 6.45) is 7.33. The molecule has 1 amide bonds. The van der Waals surface area contributed by atoms with Crippen molar-refractivity contribution in [3.05, 3.63) is 33.8 Å². The van der Waals surface area contributed by atoms with Crippen LogP contribution in [0.2, 0.25) is 10.0 Å². The van der Waals surface area contributed by atoms with Gasteiger partial charge in [0.05, 0.1) is 10.0 Å². The molecule has 1 aliphatic carbocycles. The van der Waals surface area contributed by atoms with Gasteiger partial charge in [-0.3, -0.25) is 9.69 Å². The third-order valence-corrected chi connectivity index (χ3v) is 6.03. The summed E-state index contributed by atoms with van der Waals surface area (Å²) in [6, 6.07) is 5.94. The molecule has 1 aromatic rings. The van der Waals surface area contributed by atoms with E-state index in [0.717, 1.165) is 6.42 Å². The molecular weight excluding hydrogens is 331 g/mol. The number of rotatable bonds is 3. The second-order valence-electron chi connectivity index (χ2n) is 6.71. The summed E-state index contributed by atoms with van der Waals surface area (Å²) in [5.41, 5.74) is 0.618. The molecule has 3 nitrogen and oxygen atoms in total. The molecule has 2 aliphatic rings. The van der Waals surface area contributed by atoms with E-state index < -0.39 is 0 Å². The number of carbonyl (C=O) groups excluding carboxylic acids is 1. The van der Waals surface area contributed by atoms with Crippen LogP contribution >= 0.6 is 23.2 Å². The molecule has 5 heteroatoms. The van der Waals surface area contributed by atoms with E-state index in [1.807, 2.05) is 11.9 Å². The van der Waals surface area contributed by atoms with Crippen LogP contribution in [0.4, 0.5) is 0 Å². The second-order valence-corrected chi connectivity index (χ2v) is 7.52. The Morgan fingerprint density at radius 1 is 1.09 bits per heavy atom. The molecule has 1 aliphatic heterocycles. The normalized spacial score (nSPS) is 25.5. The van der Waals surface area contributed by atoms with E-state index in [1.165, 1.54) is 45.2 Å². The summed E-state index contributed by atoms with van der Waals surface area (Å²) in [7, 11) is 1.93. The molecule has 1 aromatic carbocycles. The number of amides is 1. The van der Waals surface area contributed by atoms with E-state index in [1.54, 1.807) is 18.2 Å². The summed E-state index contributed by atoms with van der Waals surface area (Å²) in [6.45, 7) is 2.35. The maximum Gasteiger partial charge on any atom is 0.253 e. The van der Waals surface area contributed by atoms with Crippen LogP contribution in [0.5, 0.6) is 0 Å². The Hall–Kier alpha value is -0.770. The van der Waals surface area contributed by atoms with Crippen molar-refractivity contribution in [3.63, 3.8) is 0 Å². The van der Waals surface area contributed by atoms with Crippen molar-refractivity contribution in [1.82, 2.24) is 9.80 Å². The summed E-state index contributed by atoms with van der Waals surface area (Å²) in [5, 5.41) is 0.920. The zero-order chi connectivity index (χ0) is 16.4. The van der Waals surface area contributed by atoms with Crippen LogP contribution in [-0.2, 0) is 0 Å². The number of likely N-dealkylation sites (tertiary alicyclic amines) is 1. The second kappa shape index (κ2) is 7.42. The summed E-state index contributed by atoms with van der Waals surface area (Å²) in [4.78, 5) is 17.4. The minimum Gasteiger partial charge on any atom is -0.337 e. The molecule has 126 valence electrons. The molecule has 0 unspecified atom stereocenters. The van der Waals surface area contributed by atoms with E-state index in [4.69, 9.17) is 23.2 Å². The standard InChI is InChI=1S/C18H24Cl2N2O/c1-21(18(23)13-8-9-14(19)15(20)12-13)16-6-2-3-7-17(16)22-10-4-5-11-22/h8-9,12,16-17H,2-7,10-11H2,1H3/t16-,17+/m1/s1. The maximum absolute atomic E-state index is 12.9. The van der Waals surface area contributed by atoms with E-state index in [-0.39, 0.29) is 5.91 Å². The molecule has 1 saturated heterocycles. The fourth-order valence-corrected chi connectivity index (χ4v) is 4.32. The van der Waals surface area contributed by atoms with Gasteiger partial charge in [-0.25, -0.2) is 0 Å². The van der Waals surface area contributed by atoms with E-state index >= 15 is 0 Å². The molecule has 0 radical (unpaired) electrons. The first-order chi connectivity index (χ1) is 11.1. The monoisotopic (exact) mass is 354 g/mol. The Labute approximate surface area is 148 Å².